The molecule has 0 amide bonds. The summed E-state index contributed by atoms with van der Waals surface area (Å²) < 4.78 is 58.6. The summed E-state index contributed by atoms with van der Waals surface area (Å²) in [6, 6.07) is 1.47. The molecule has 2 heterocycles. The van der Waals surface area contributed by atoms with Gasteiger partial charge in [0.15, 0.2) is 9.84 Å². The van der Waals surface area contributed by atoms with Gasteiger partial charge >= 0.3 is 0 Å². The molecule has 8 heteroatoms. The Balaban J connectivity index is 2.08. The molecule has 0 saturated carbocycles. The largest absolute Gasteiger partial charge is 0.377 e. The quantitative estimate of drug-likeness (QED) is 0.737. The summed E-state index contributed by atoms with van der Waals surface area (Å²) >= 11 is 0. The lowest BCUT2D eigenvalue weighted by molar-refractivity contribution is 0.0876. The van der Waals surface area contributed by atoms with Crippen LogP contribution in [0.4, 0.5) is 0 Å². The van der Waals surface area contributed by atoms with Gasteiger partial charge in [-0.05, 0) is 69.2 Å². The molecule has 0 aliphatic carbocycles. The number of rotatable bonds is 5. The molecular weight excluding hydrogens is 386 g/mol. The van der Waals surface area contributed by atoms with Crippen molar-refractivity contribution in [3.8, 4) is 0 Å². The monoisotopic (exact) mass is 415 g/mol. The SMILES string of the molecule is Cc1cc(C)c(C)c(S(=O)(=O)N(C[C@@H]2CCCO2)[C@@H]2CCS(=O)(=O)C2)c1C. The lowest BCUT2D eigenvalue weighted by atomic mass is 10.0. The number of benzene rings is 1. The highest BCUT2D eigenvalue weighted by atomic mass is 32.2. The molecule has 0 spiro atoms. The van der Waals surface area contributed by atoms with Crippen LogP contribution in [0.5, 0.6) is 0 Å². The zero-order valence-electron chi connectivity index (χ0n) is 16.5. The number of ether oxygens (including phenoxy) is 1. The van der Waals surface area contributed by atoms with Crippen molar-refractivity contribution >= 4 is 19.9 Å². The second-order valence-corrected chi connectivity index (χ2v) is 11.9. The van der Waals surface area contributed by atoms with Crippen molar-refractivity contribution in [3.05, 3.63) is 28.3 Å². The lowest BCUT2D eigenvalue weighted by Crippen LogP contribution is -2.45. The van der Waals surface area contributed by atoms with E-state index < -0.39 is 25.9 Å². The highest BCUT2D eigenvalue weighted by Gasteiger charge is 2.41. The van der Waals surface area contributed by atoms with Crippen molar-refractivity contribution in [1.82, 2.24) is 4.31 Å². The van der Waals surface area contributed by atoms with Gasteiger partial charge < -0.3 is 4.74 Å². The van der Waals surface area contributed by atoms with Gasteiger partial charge in [0.05, 0.1) is 22.5 Å². The number of aryl methyl sites for hydroxylation is 2. The van der Waals surface area contributed by atoms with Crippen LogP contribution in [0.15, 0.2) is 11.0 Å². The normalized spacial score (nSPS) is 25.4. The summed E-state index contributed by atoms with van der Waals surface area (Å²) in [7, 11) is -7.04. The van der Waals surface area contributed by atoms with E-state index >= 15 is 0 Å². The molecular formula is C19H29NO5S2. The Morgan fingerprint density at radius 3 is 2.22 bits per heavy atom. The minimum Gasteiger partial charge on any atom is -0.377 e. The maximum Gasteiger partial charge on any atom is 0.243 e. The van der Waals surface area contributed by atoms with Crippen molar-refractivity contribution in [3.63, 3.8) is 0 Å². The molecule has 2 fully saturated rings. The van der Waals surface area contributed by atoms with Crippen LogP contribution in [0.25, 0.3) is 0 Å². The summed E-state index contributed by atoms with van der Waals surface area (Å²) in [5, 5.41) is 0. The Hall–Kier alpha value is -0.960. The van der Waals surface area contributed by atoms with Crippen LogP contribution < -0.4 is 0 Å². The van der Waals surface area contributed by atoms with Crippen LogP contribution in [-0.2, 0) is 24.6 Å². The van der Waals surface area contributed by atoms with Gasteiger partial charge in [-0.15, -0.1) is 0 Å². The molecule has 0 unspecified atom stereocenters. The molecule has 2 atom stereocenters. The Labute approximate surface area is 162 Å². The third-order valence-electron chi connectivity index (χ3n) is 5.89. The summed E-state index contributed by atoms with van der Waals surface area (Å²) in [5.41, 5.74) is 3.31. The predicted octanol–water partition coefficient (Wildman–Crippen LogP) is 2.28. The summed E-state index contributed by atoms with van der Waals surface area (Å²) in [6.45, 7) is 8.31. The van der Waals surface area contributed by atoms with Gasteiger partial charge in [0.1, 0.15) is 0 Å². The fraction of sp³-hybridized carbons (Fsp3) is 0.684. The number of sulfone groups is 1. The molecule has 6 nitrogen and oxygen atoms in total. The van der Waals surface area contributed by atoms with Crippen LogP contribution in [0.3, 0.4) is 0 Å². The van der Waals surface area contributed by atoms with Crippen molar-refractivity contribution in [2.24, 2.45) is 0 Å². The number of hydrogen-bond donors (Lipinski definition) is 0. The molecule has 0 aromatic heterocycles. The molecule has 152 valence electrons. The summed E-state index contributed by atoms with van der Waals surface area (Å²) in [5.74, 6) is -0.0676. The molecule has 0 bridgehead atoms. The smallest absolute Gasteiger partial charge is 0.243 e. The molecule has 0 N–H and O–H groups in total. The van der Waals surface area contributed by atoms with Gasteiger partial charge in [-0.1, -0.05) is 6.07 Å². The summed E-state index contributed by atoms with van der Waals surface area (Å²) in [4.78, 5) is 0.322. The van der Waals surface area contributed by atoms with Crippen molar-refractivity contribution in [2.45, 2.75) is 64.0 Å². The molecule has 3 rings (SSSR count). The zero-order valence-corrected chi connectivity index (χ0v) is 18.1. The standard InChI is InChI=1S/C19H29NO5S2/c1-13-10-14(2)16(4)19(15(13)3)27(23,24)20(11-18-6-5-8-25-18)17-7-9-26(21,22)12-17/h10,17-18H,5-9,11-12H2,1-4H3/t17-,18+/m1/s1. The van der Waals surface area contributed by atoms with Gasteiger partial charge in [0, 0.05) is 19.2 Å². The van der Waals surface area contributed by atoms with Crippen LogP contribution in [0.1, 0.15) is 41.5 Å². The van der Waals surface area contributed by atoms with E-state index in [0.717, 1.165) is 35.1 Å². The van der Waals surface area contributed by atoms with Crippen LogP contribution >= 0.6 is 0 Å². The highest BCUT2D eigenvalue weighted by molar-refractivity contribution is 7.92. The molecule has 2 saturated heterocycles. The first-order valence-corrected chi connectivity index (χ1v) is 12.7. The first-order chi connectivity index (χ1) is 12.5. The molecule has 2 aliphatic heterocycles. The average molecular weight is 416 g/mol. The third-order valence-corrected chi connectivity index (χ3v) is 9.83. The predicted molar refractivity (Wildman–Crippen MR) is 105 cm³/mol. The summed E-state index contributed by atoms with van der Waals surface area (Å²) in [6.07, 6.45) is 1.88. The fourth-order valence-corrected chi connectivity index (χ4v) is 8.21. The Morgan fingerprint density at radius 2 is 1.74 bits per heavy atom. The van der Waals surface area contributed by atoms with E-state index in [-0.39, 0.29) is 24.2 Å². The van der Waals surface area contributed by atoms with Crippen LogP contribution in [0, 0.1) is 27.7 Å². The van der Waals surface area contributed by atoms with E-state index in [4.69, 9.17) is 4.74 Å². The van der Waals surface area contributed by atoms with E-state index in [1.165, 1.54) is 4.31 Å². The molecule has 1 aromatic rings. The Morgan fingerprint density at radius 1 is 1.11 bits per heavy atom. The van der Waals surface area contributed by atoms with Crippen LogP contribution in [0.2, 0.25) is 0 Å². The van der Waals surface area contributed by atoms with Gasteiger partial charge in [-0.25, -0.2) is 16.8 Å². The van der Waals surface area contributed by atoms with Crippen LogP contribution in [-0.4, -0.2) is 57.9 Å². The number of sulfonamides is 1. The fourth-order valence-electron chi connectivity index (χ4n) is 4.12. The van der Waals surface area contributed by atoms with Crippen molar-refractivity contribution in [1.29, 1.82) is 0 Å². The van der Waals surface area contributed by atoms with E-state index in [0.29, 0.717) is 17.9 Å². The lowest BCUT2D eigenvalue weighted by Gasteiger charge is -2.31. The zero-order chi connectivity index (χ0) is 20.0. The number of nitrogens with zero attached hydrogens (tertiary/aromatic N) is 1. The van der Waals surface area contributed by atoms with E-state index in [2.05, 4.69) is 0 Å². The maximum atomic E-state index is 13.7. The van der Waals surface area contributed by atoms with E-state index in [1.807, 2.05) is 33.8 Å². The van der Waals surface area contributed by atoms with Gasteiger partial charge in [-0.2, -0.15) is 4.31 Å². The average Bonchev–Trinajstić information content (AvgIpc) is 3.19. The minimum absolute atomic E-state index is 0.0417. The maximum absolute atomic E-state index is 13.7. The second-order valence-electron chi connectivity index (χ2n) is 7.86. The molecule has 0 radical (unpaired) electrons. The second kappa shape index (κ2) is 7.46. The van der Waals surface area contributed by atoms with E-state index in [9.17, 15) is 16.8 Å². The Kier molecular flexibility index (Phi) is 5.74. The molecule has 2 aliphatic rings. The third kappa shape index (κ3) is 4.09. The molecule has 1 aromatic carbocycles. The molecule has 27 heavy (non-hydrogen) atoms. The van der Waals surface area contributed by atoms with Crippen molar-refractivity contribution < 1.29 is 21.6 Å². The van der Waals surface area contributed by atoms with Gasteiger partial charge in [0.25, 0.3) is 0 Å². The van der Waals surface area contributed by atoms with Crippen molar-refractivity contribution in [2.75, 3.05) is 24.7 Å². The first kappa shape index (κ1) is 20.8. The topological polar surface area (TPSA) is 80.8 Å². The highest BCUT2D eigenvalue weighted by Crippen LogP contribution is 2.33. The Bertz CT molecular complexity index is 905. The number of hydrogen-bond acceptors (Lipinski definition) is 5. The van der Waals surface area contributed by atoms with Gasteiger partial charge in [-0.3, -0.25) is 0 Å². The first-order valence-electron chi connectivity index (χ1n) is 9.44. The van der Waals surface area contributed by atoms with E-state index in [1.54, 1.807) is 0 Å². The van der Waals surface area contributed by atoms with Gasteiger partial charge in [0.2, 0.25) is 10.0 Å². The minimum atomic E-state index is -3.84.